The molecule has 4 aromatic rings. The molecule has 0 atom stereocenters. The summed E-state index contributed by atoms with van der Waals surface area (Å²) in [5.41, 5.74) is 8.22. The number of aryl methyl sites for hydroxylation is 2. The summed E-state index contributed by atoms with van der Waals surface area (Å²) >= 11 is 0. The Bertz CT molecular complexity index is 1390. The van der Waals surface area contributed by atoms with Gasteiger partial charge in [0.25, 0.3) is 5.89 Å². The van der Waals surface area contributed by atoms with E-state index in [0.29, 0.717) is 43.0 Å². The van der Waals surface area contributed by atoms with Crippen molar-refractivity contribution in [3.63, 3.8) is 0 Å². The SMILES string of the molecule is O=C(Cc1nnc(-c2cnc(NC3Cc4cc5c(cc4C3)CC5)nc2)o1)N1CCc2n[nH]nc2C1. The van der Waals surface area contributed by atoms with Crippen LogP contribution in [0.15, 0.2) is 28.9 Å². The van der Waals surface area contributed by atoms with E-state index in [9.17, 15) is 4.79 Å². The lowest BCUT2D eigenvalue weighted by Crippen LogP contribution is -2.37. The van der Waals surface area contributed by atoms with E-state index in [1.54, 1.807) is 17.3 Å². The van der Waals surface area contributed by atoms with Crippen molar-refractivity contribution in [3.05, 3.63) is 64.1 Å². The first-order valence-electron chi connectivity index (χ1n) is 11.9. The molecule has 2 aliphatic carbocycles. The molecule has 11 nitrogen and oxygen atoms in total. The molecule has 35 heavy (non-hydrogen) atoms. The van der Waals surface area contributed by atoms with Crippen LogP contribution in [-0.4, -0.2) is 59.0 Å². The molecule has 0 saturated carbocycles. The smallest absolute Gasteiger partial charge is 0.250 e. The first-order valence-corrected chi connectivity index (χ1v) is 11.9. The molecule has 1 aliphatic heterocycles. The lowest BCUT2D eigenvalue weighted by molar-refractivity contribution is -0.131. The van der Waals surface area contributed by atoms with E-state index in [1.807, 2.05) is 0 Å². The summed E-state index contributed by atoms with van der Waals surface area (Å²) in [6, 6.07) is 5.03. The molecular formula is C24H23N9O2. The van der Waals surface area contributed by atoms with Gasteiger partial charge in [0, 0.05) is 31.4 Å². The van der Waals surface area contributed by atoms with Crippen LogP contribution in [0.4, 0.5) is 5.95 Å². The van der Waals surface area contributed by atoms with Crippen LogP contribution in [0, 0.1) is 0 Å². The van der Waals surface area contributed by atoms with Gasteiger partial charge in [-0.3, -0.25) is 4.79 Å². The number of aromatic nitrogens is 7. The molecule has 176 valence electrons. The third kappa shape index (κ3) is 3.72. The van der Waals surface area contributed by atoms with Crippen molar-refractivity contribution in [3.8, 4) is 11.5 Å². The van der Waals surface area contributed by atoms with Gasteiger partial charge in [-0.05, 0) is 47.9 Å². The van der Waals surface area contributed by atoms with Crippen molar-refractivity contribution in [1.29, 1.82) is 0 Å². The lowest BCUT2D eigenvalue weighted by atomic mass is 9.85. The van der Waals surface area contributed by atoms with Crippen LogP contribution in [0.2, 0.25) is 0 Å². The number of amides is 1. The van der Waals surface area contributed by atoms with Gasteiger partial charge in [-0.1, -0.05) is 12.1 Å². The van der Waals surface area contributed by atoms with Crippen molar-refractivity contribution in [2.75, 3.05) is 11.9 Å². The number of hydrogen-bond donors (Lipinski definition) is 2. The number of hydrogen-bond acceptors (Lipinski definition) is 9. The highest BCUT2D eigenvalue weighted by molar-refractivity contribution is 5.78. The maximum absolute atomic E-state index is 12.7. The Morgan fingerprint density at radius 1 is 1.00 bits per heavy atom. The van der Waals surface area contributed by atoms with Gasteiger partial charge < -0.3 is 14.6 Å². The quantitative estimate of drug-likeness (QED) is 0.445. The van der Waals surface area contributed by atoms with Crippen LogP contribution in [0.1, 0.15) is 39.5 Å². The molecular weight excluding hydrogens is 446 g/mol. The summed E-state index contributed by atoms with van der Waals surface area (Å²) in [4.78, 5) is 23.3. The van der Waals surface area contributed by atoms with Gasteiger partial charge in [-0.15, -0.1) is 10.2 Å². The topological polar surface area (TPSA) is 139 Å². The molecule has 3 aliphatic rings. The van der Waals surface area contributed by atoms with E-state index in [0.717, 1.165) is 24.2 Å². The molecule has 0 bridgehead atoms. The van der Waals surface area contributed by atoms with Gasteiger partial charge in [-0.2, -0.15) is 15.4 Å². The van der Waals surface area contributed by atoms with Crippen LogP contribution < -0.4 is 5.32 Å². The summed E-state index contributed by atoms with van der Waals surface area (Å²) in [5, 5.41) is 22.4. The molecule has 2 N–H and O–H groups in total. The number of rotatable bonds is 5. The first-order chi connectivity index (χ1) is 17.2. The minimum atomic E-state index is -0.0863. The normalized spacial score (nSPS) is 16.4. The van der Waals surface area contributed by atoms with Gasteiger partial charge in [0.2, 0.25) is 17.7 Å². The van der Waals surface area contributed by atoms with Crippen LogP contribution in [0.5, 0.6) is 0 Å². The summed E-state index contributed by atoms with van der Waals surface area (Å²) in [5.74, 6) is 1.05. The number of nitrogens with one attached hydrogen (secondary N) is 2. The number of benzene rings is 1. The summed E-state index contributed by atoms with van der Waals surface area (Å²) in [6.07, 6.45) is 8.44. The maximum atomic E-state index is 12.7. The molecule has 0 radical (unpaired) electrons. The highest BCUT2D eigenvalue weighted by atomic mass is 16.4. The molecule has 0 saturated heterocycles. The molecule has 4 heterocycles. The number of aromatic amines is 1. The van der Waals surface area contributed by atoms with Crippen molar-refractivity contribution < 1.29 is 9.21 Å². The predicted octanol–water partition coefficient (Wildman–Crippen LogP) is 1.45. The Labute approximate surface area is 200 Å². The molecule has 0 unspecified atom stereocenters. The molecule has 1 amide bonds. The average molecular weight is 470 g/mol. The second-order valence-electron chi connectivity index (χ2n) is 9.39. The molecule has 11 heteroatoms. The number of fused-ring (bicyclic) bond motifs is 3. The third-order valence-electron chi connectivity index (χ3n) is 7.13. The maximum Gasteiger partial charge on any atom is 0.250 e. The van der Waals surface area contributed by atoms with Crippen molar-refractivity contribution in [1.82, 2.24) is 40.5 Å². The van der Waals surface area contributed by atoms with E-state index in [4.69, 9.17) is 4.42 Å². The third-order valence-corrected chi connectivity index (χ3v) is 7.13. The Morgan fingerprint density at radius 2 is 1.74 bits per heavy atom. The minimum absolute atomic E-state index is 0.0341. The highest BCUT2D eigenvalue weighted by Crippen LogP contribution is 2.32. The van der Waals surface area contributed by atoms with Gasteiger partial charge in [0.05, 0.1) is 17.8 Å². The standard InChI is InChI=1S/C24H23N9O2/c34-22(33-4-3-19-20(12-33)29-32-28-19)9-21-30-31-23(35-21)17-10-25-24(26-11-17)27-18-7-15-5-13-1-2-14(13)6-16(15)8-18/h5-6,10-11,18H,1-4,7-9,12H2,(H,25,26,27)(H,28,29,32). The Kier molecular flexibility index (Phi) is 4.61. The highest BCUT2D eigenvalue weighted by Gasteiger charge is 2.27. The van der Waals surface area contributed by atoms with Crippen molar-refractivity contribution >= 4 is 11.9 Å². The molecule has 0 fully saturated rings. The Hall–Kier alpha value is -4.15. The second-order valence-corrected chi connectivity index (χ2v) is 9.39. The van der Waals surface area contributed by atoms with Crippen LogP contribution in [0.3, 0.4) is 0 Å². The summed E-state index contributed by atoms with van der Waals surface area (Å²) < 4.78 is 5.73. The average Bonchev–Trinajstić information content (AvgIpc) is 3.60. The van der Waals surface area contributed by atoms with Crippen LogP contribution in [-0.2, 0) is 49.9 Å². The van der Waals surface area contributed by atoms with E-state index in [-0.39, 0.29) is 18.2 Å². The molecule has 0 spiro atoms. The largest absolute Gasteiger partial charge is 0.420 e. The van der Waals surface area contributed by atoms with E-state index >= 15 is 0 Å². The zero-order valence-corrected chi connectivity index (χ0v) is 19.0. The summed E-state index contributed by atoms with van der Waals surface area (Å²) in [6.45, 7) is 1.03. The molecule has 3 aromatic heterocycles. The van der Waals surface area contributed by atoms with E-state index in [2.05, 4.69) is 53.0 Å². The zero-order valence-electron chi connectivity index (χ0n) is 19.0. The Morgan fingerprint density at radius 3 is 2.49 bits per heavy atom. The zero-order chi connectivity index (χ0) is 23.4. The monoisotopic (exact) mass is 469 g/mol. The minimum Gasteiger partial charge on any atom is -0.420 e. The van der Waals surface area contributed by atoms with Crippen LogP contribution >= 0.6 is 0 Å². The number of anilines is 1. The van der Waals surface area contributed by atoms with E-state index < -0.39 is 0 Å². The second kappa shape index (κ2) is 7.97. The van der Waals surface area contributed by atoms with Gasteiger partial charge in [-0.25, -0.2) is 9.97 Å². The predicted molar refractivity (Wildman–Crippen MR) is 123 cm³/mol. The number of nitrogens with zero attached hydrogens (tertiary/aromatic N) is 7. The van der Waals surface area contributed by atoms with Crippen molar-refractivity contribution in [2.24, 2.45) is 0 Å². The van der Waals surface area contributed by atoms with Crippen molar-refractivity contribution in [2.45, 2.75) is 51.1 Å². The number of H-pyrrole nitrogens is 1. The fourth-order valence-corrected chi connectivity index (χ4v) is 5.13. The number of carbonyl (C=O) groups is 1. The van der Waals surface area contributed by atoms with E-state index in [1.165, 1.54) is 35.1 Å². The fourth-order valence-electron chi connectivity index (χ4n) is 5.13. The number of carbonyl (C=O) groups excluding carboxylic acids is 1. The first kappa shape index (κ1) is 20.2. The van der Waals surface area contributed by atoms with Gasteiger partial charge in [0.15, 0.2) is 0 Å². The van der Waals surface area contributed by atoms with Gasteiger partial charge >= 0.3 is 0 Å². The molecule has 1 aromatic carbocycles. The molecule has 7 rings (SSSR count). The fraction of sp³-hybridized carbons (Fsp3) is 0.375. The summed E-state index contributed by atoms with van der Waals surface area (Å²) in [7, 11) is 0. The van der Waals surface area contributed by atoms with Gasteiger partial charge in [0.1, 0.15) is 12.1 Å². The van der Waals surface area contributed by atoms with Crippen LogP contribution in [0.25, 0.3) is 11.5 Å². The lowest BCUT2D eigenvalue weighted by Gasteiger charge is -2.24. The Balaban J connectivity index is 0.974.